The standard InChI is InChI=1S/C15H26N4O/c1-12(20)18-7-5-14(6-8-18)16-9-13-10-17-19(11-13)15(2,3)4/h10-11,14,16H,5-9H2,1-4H3. The van der Waals surface area contributed by atoms with Gasteiger partial charge in [-0.1, -0.05) is 0 Å². The van der Waals surface area contributed by atoms with Crippen molar-refractivity contribution in [2.75, 3.05) is 13.1 Å². The molecule has 20 heavy (non-hydrogen) atoms. The largest absolute Gasteiger partial charge is 0.343 e. The fraction of sp³-hybridized carbons (Fsp3) is 0.733. The molecule has 112 valence electrons. The van der Waals surface area contributed by atoms with E-state index in [2.05, 4.69) is 37.4 Å². The SMILES string of the molecule is CC(=O)N1CCC(NCc2cnn(C(C)(C)C)c2)CC1. The van der Waals surface area contributed by atoms with Gasteiger partial charge >= 0.3 is 0 Å². The summed E-state index contributed by atoms with van der Waals surface area (Å²) in [6.07, 6.45) is 6.11. The molecule has 1 fully saturated rings. The van der Waals surface area contributed by atoms with Crippen LogP contribution in [0.4, 0.5) is 0 Å². The zero-order valence-electron chi connectivity index (χ0n) is 13.0. The molecule has 5 nitrogen and oxygen atoms in total. The highest BCUT2D eigenvalue weighted by Gasteiger charge is 2.20. The van der Waals surface area contributed by atoms with E-state index in [0.29, 0.717) is 6.04 Å². The molecule has 0 aromatic carbocycles. The number of carbonyl (C=O) groups is 1. The third-order valence-electron chi connectivity index (χ3n) is 3.86. The number of rotatable bonds is 3. The number of nitrogens with zero attached hydrogens (tertiary/aromatic N) is 3. The molecule has 0 radical (unpaired) electrons. The summed E-state index contributed by atoms with van der Waals surface area (Å²) in [6.45, 7) is 10.7. The Morgan fingerprint density at radius 2 is 2.05 bits per heavy atom. The van der Waals surface area contributed by atoms with Crippen molar-refractivity contribution in [3.8, 4) is 0 Å². The van der Waals surface area contributed by atoms with Gasteiger partial charge in [-0.2, -0.15) is 5.10 Å². The quantitative estimate of drug-likeness (QED) is 0.916. The van der Waals surface area contributed by atoms with E-state index in [1.807, 2.05) is 15.8 Å². The van der Waals surface area contributed by atoms with Gasteiger partial charge in [0.1, 0.15) is 0 Å². The third-order valence-corrected chi connectivity index (χ3v) is 3.86. The van der Waals surface area contributed by atoms with Crippen LogP contribution in [0, 0.1) is 0 Å². The molecule has 1 aliphatic rings. The van der Waals surface area contributed by atoms with Crippen LogP contribution in [0.15, 0.2) is 12.4 Å². The first-order valence-corrected chi connectivity index (χ1v) is 7.39. The van der Waals surface area contributed by atoms with Crippen LogP contribution in [-0.2, 0) is 16.9 Å². The first-order valence-electron chi connectivity index (χ1n) is 7.39. The van der Waals surface area contributed by atoms with Gasteiger partial charge in [0.2, 0.25) is 5.91 Å². The van der Waals surface area contributed by atoms with E-state index in [0.717, 1.165) is 32.5 Å². The molecule has 1 saturated heterocycles. The monoisotopic (exact) mass is 278 g/mol. The fourth-order valence-corrected chi connectivity index (χ4v) is 2.48. The van der Waals surface area contributed by atoms with Crippen LogP contribution < -0.4 is 5.32 Å². The van der Waals surface area contributed by atoms with Crippen molar-refractivity contribution < 1.29 is 4.79 Å². The molecule has 0 unspecified atom stereocenters. The number of likely N-dealkylation sites (tertiary alicyclic amines) is 1. The zero-order valence-corrected chi connectivity index (χ0v) is 13.0. The van der Waals surface area contributed by atoms with Gasteiger partial charge in [-0.3, -0.25) is 9.48 Å². The fourth-order valence-electron chi connectivity index (χ4n) is 2.48. The number of hydrogen-bond acceptors (Lipinski definition) is 3. The Labute approximate surface area is 121 Å². The highest BCUT2D eigenvalue weighted by atomic mass is 16.2. The van der Waals surface area contributed by atoms with E-state index in [1.165, 1.54) is 5.56 Å². The van der Waals surface area contributed by atoms with Gasteiger partial charge in [-0.25, -0.2) is 0 Å². The van der Waals surface area contributed by atoms with Gasteiger partial charge in [0, 0.05) is 44.4 Å². The molecule has 5 heteroatoms. The van der Waals surface area contributed by atoms with Crippen LogP contribution >= 0.6 is 0 Å². The number of amides is 1. The summed E-state index contributed by atoms with van der Waals surface area (Å²) >= 11 is 0. The van der Waals surface area contributed by atoms with Gasteiger partial charge in [0.05, 0.1) is 11.7 Å². The first kappa shape index (κ1) is 15.0. The minimum Gasteiger partial charge on any atom is -0.343 e. The molecule has 0 spiro atoms. The second kappa shape index (κ2) is 5.95. The molecule has 2 rings (SSSR count). The van der Waals surface area contributed by atoms with E-state index in [-0.39, 0.29) is 11.4 Å². The number of piperidine rings is 1. The summed E-state index contributed by atoms with van der Waals surface area (Å²) in [7, 11) is 0. The minimum atomic E-state index is 0.0328. The van der Waals surface area contributed by atoms with E-state index in [9.17, 15) is 4.79 Å². The lowest BCUT2D eigenvalue weighted by Gasteiger charge is -2.31. The molecule has 1 aromatic rings. The van der Waals surface area contributed by atoms with Crippen LogP contribution in [0.25, 0.3) is 0 Å². The molecular weight excluding hydrogens is 252 g/mol. The smallest absolute Gasteiger partial charge is 0.219 e. The number of aromatic nitrogens is 2. The lowest BCUT2D eigenvalue weighted by molar-refractivity contribution is -0.129. The predicted molar refractivity (Wildman–Crippen MR) is 79.3 cm³/mol. The molecule has 2 heterocycles. The van der Waals surface area contributed by atoms with Gasteiger partial charge in [0.25, 0.3) is 0 Å². The van der Waals surface area contributed by atoms with E-state index >= 15 is 0 Å². The second-order valence-electron chi connectivity index (χ2n) is 6.63. The average Bonchev–Trinajstić information content (AvgIpc) is 2.85. The van der Waals surface area contributed by atoms with Crippen molar-refractivity contribution in [1.82, 2.24) is 20.0 Å². The molecule has 1 aliphatic heterocycles. The van der Waals surface area contributed by atoms with Crippen LogP contribution in [-0.4, -0.2) is 39.7 Å². The predicted octanol–water partition coefficient (Wildman–Crippen LogP) is 1.74. The Balaban J connectivity index is 1.79. The summed E-state index contributed by atoms with van der Waals surface area (Å²) in [5.74, 6) is 0.190. The normalized spacial score (nSPS) is 17.5. The molecule has 1 aromatic heterocycles. The third kappa shape index (κ3) is 3.82. The van der Waals surface area contributed by atoms with Crippen LogP contribution in [0.1, 0.15) is 46.1 Å². The maximum absolute atomic E-state index is 11.3. The van der Waals surface area contributed by atoms with Gasteiger partial charge < -0.3 is 10.2 Å². The lowest BCUT2D eigenvalue weighted by atomic mass is 10.0. The van der Waals surface area contributed by atoms with Gasteiger partial charge in [0.15, 0.2) is 0 Å². The summed E-state index contributed by atoms with van der Waals surface area (Å²) in [5.41, 5.74) is 1.25. The topological polar surface area (TPSA) is 50.2 Å². The Kier molecular flexibility index (Phi) is 4.48. The van der Waals surface area contributed by atoms with Crippen LogP contribution in [0.5, 0.6) is 0 Å². The Morgan fingerprint density at radius 3 is 2.55 bits per heavy atom. The first-order chi connectivity index (χ1) is 9.36. The zero-order chi connectivity index (χ0) is 14.8. The highest BCUT2D eigenvalue weighted by Crippen LogP contribution is 2.14. The van der Waals surface area contributed by atoms with Crippen molar-refractivity contribution in [1.29, 1.82) is 0 Å². The van der Waals surface area contributed by atoms with Crippen molar-refractivity contribution in [3.05, 3.63) is 18.0 Å². The second-order valence-corrected chi connectivity index (χ2v) is 6.63. The number of carbonyl (C=O) groups excluding carboxylic acids is 1. The average molecular weight is 278 g/mol. The number of nitrogens with one attached hydrogen (secondary N) is 1. The Bertz CT molecular complexity index is 453. The Hall–Kier alpha value is -1.36. The summed E-state index contributed by atoms with van der Waals surface area (Å²) in [4.78, 5) is 13.2. The van der Waals surface area contributed by atoms with Gasteiger partial charge in [-0.05, 0) is 33.6 Å². The summed E-state index contributed by atoms with van der Waals surface area (Å²) in [5, 5.41) is 7.98. The minimum absolute atomic E-state index is 0.0328. The maximum Gasteiger partial charge on any atom is 0.219 e. The molecular formula is C15H26N4O. The van der Waals surface area contributed by atoms with Crippen molar-refractivity contribution in [2.24, 2.45) is 0 Å². The molecule has 1 amide bonds. The molecule has 1 N–H and O–H groups in total. The van der Waals surface area contributed by atoms with Crippen molar-refractivity contribution in [2.45, 2.75) is 58.7 Å². The van der Waals surface area contributed by atoms with E-state index in [1.54, 1.807) is 6.92 Å². The van der Waals surface area contributed by atoms with Crippen molar-refractivity contribution >= 4 is 5.91 Å². The summed E-state index contributed by atoms with van der Waals surface area (Å²) < 4.78 is 2.00. The van der Waals surface area contributed by atoms with Crippen molar-refractivity contribution in [3.63, 3.8) is 0 Å². The Morgan fingerprint density at radius 1 is 1.40 bits per heavy atom. The molecule has 0 bridgehead atoms. The van der Waals surface area contributed by atoms with Gasteiger partial charge in [-0.15, -0.1) is 0 Å². The summed E-state index contributed by atoms with van der Waals surface area (Å²) in [6, 6.07) is 0.503. The molecule has 0 aliphatic carbocycles. The van der Waals surface area contributed by atoms with E-state index < -0.39 is 0 Å². The van der Waals surface area contributed by atoms with Crippen LogP contribution in [0.2, 0.25) is 0 Å². The number of hydrogen-bond donors (Lipinski definition) is 1. The highest BCUT2D eigenvalue weighted by molar-refractivity contribution is 5.73. The molecule has 0 saturated carbocycles. The molecule has 0 atom stereocenters. The lowest BCUT2D eigenvalue weighted by Crippen LogP contribution is -2.43. The van der Waals surface area contributed by atoms with Crippen LogP contribution in [0.3, 0.4) is 0 Å². The maximum atomic E-state index is 11.3. The van der Waals surface area contributed by atoms with E-state index in [4.69, 9.17) is 0 Å².